The van der Waals surface area contributed by atoms with Gasteiger partial charge in [-0.15, -0.1) is 0 Å². The molecule has 2 atom stereocenters. The van der Waals surface area contributed by atoms with Gasteiger partial charge in [-0.05, 0) is 55.5 Å². The van der Waals surface area contributed by atoms with Crippen LogP contribution in [0.1, 0.15) is 34.9 Å². The Morgan fingerprint density at radius 3 is 2.78 bits per heavy atom. The molecule has 4 nitrogen and oxygen atoms in total. The van der Waals surface area contributed by atoms with Crippen molar-refractivity contribution in [2.45, 2.75) is 19.2 Å². The second kappa shape index (κ2) is 6.15. The van der Waals surface area contributed by atoms with Crippen molar-refractivity contribution in [3.63, 3.8) is 0 Å². The molecule has 3 heterocycles. The average molecular weight is 383 g/mol. The smallest absolute Gasteiger partial charge is 0.196 e. The lowest BCUT2D eigenvalue weighted by atomic mass is 10.0. The maximum atomic E-state index is 13.8. The highest BCUT2D eigenvalue weighted by atomic mass is 35.5. The highest BCUT2D eigenvalue weighted by Gasteiger charge is 2.40. The first-order valence-corrected chi connectivity index (χ1v) is 9.01. The van der Waals surface area contributed by atoms with Gasteiger partial charge >= 0.3 is 0 Å². The summed E-state index contributed by atoms with van der Waals surface area (Å²) in [5.74, 6) is 2.00. The minimum absolute atomic E-state index is 0.124. The number of fused-ring (bicyclic) bond motifs is 3. The van der Waals surface area contributed by atoms with Gasteiger partial charge in [0.25, 0.3) is 0 Å². The summed E-state index contributed by atoms with van der Waals surface area (Å²) in [4.78, 5) is 0. The third-order valence-electron chi connectivity index (χ3n) is 4.80. The Labute approximate surface area is 160 Å². The summed E-state index contributed by atoms with van der Waals surface area (Å²) < 4.78 is 25.8. The maximum Gasteiger partial charge on any atom is 0.196 e. The van der Waals surface area contributed by atoms with Crippen LogP contribution in [0.2, 0.25) is 5.02 Å². The number of aryl methyl sites for hydroxylation is 1. The molecule has 27 heavy (non-hydrogen) atoms. The summed E-state index contributed by atoms with van der Waals surface area (Å²) in [6.07, 6.45) is 1.58. The third-order valence-corrected chi connectivity index (χ3v) is 5.03. The maximum absolute atomic E-state index is 13.8. The van der Waals surface area contributed by atoms with Gasteiger partial charge in [0.05, 0.1) is 11.7 Å². The summed E-state index contributed by atoms with van der Waals surface area (Å²) in [7, 11) is 0. The molecule has 0 bridgehead atoms. The van der Waals surface area contributed by atoms with E-state index in [4.69, 9.17) is 20.8 Å². The van der Waals surface area contributed by atoms with Gasteiger partial charge in [0.1, 0.15) is 17.3 Å². The van der Waals surface area contributed by atoms with Crippen molar-refractivity contribution in [2.24, 2.45) is 0 Å². The van der Waals surface area contributed by atoms with Crippen molar-refractivity contribution in [2.75, 3.05) is 0 Å². The SMILES string of the molecule is Cc1ccc(C2=C[C@@H]3c4cc(Cl)ccc4O[C@@H](c4cccc(F)c4)N3N2)o1. The molecule has 2 aromatic carbocycles. The Hall–Kier alpha value is -2.76. The normalized spacial score (nSPS) is 21.1. The molecule has 1 aromatic heterocycles. The first-order chi connectivity index (χ1) is 13.1. The molecule has 0 amide bonds. The van der Waals surface area contributed by atoms with Crippen molar-refractivity contribution in [1.82, 2.24) is 10.4 Å². The molecule has 2 aliphatic rings. The zero-order valence-electron chi connectivity index (χ0n) is 14.4. The summed E-state index contributed by atoms with van der Waals surface area (Å²) in [5.41, 5.74) is 5.87. The van der Waals surface area contributed by atoms with Gasteiger partial charge in [-0.3, -0.25) is 0 Å². The molecular weight excluding hydrogens is 367 g/mol. The van der Waals surface area contributed by atoms with Gasteiger partial charge in [0.15, 0.2) is 12.0 Å². The molecule has 0 fully saturated rings. The molecule has 0 spiro atoms. The van der Waals surface area contributed by atoms with Crippen LogP contribution in [-0.2, 0) is 0 Å². The van der Waals surface area contributed by atoms with E-state index in [9.17, 15) is 4.39 Å². The number of nitrogens with zero attached hydrogens (tertiary/aromatic N) is 1. The van der Waals surface area contributed by atoms with Gasteiger partial charge in [-0.25, -0.2) is 4.39 Å². The fourth-order valence-electron chi connectivity index (χ4n) is 3.57. The van der Waals surface area contributed by atoms with Crippen LogP contribution in [0, 0.1) is 12.7 Å². The molecule has 136 valence electrons. The van der Waals surface area contributed by atoms with E-state index in [-0.39, 0.29) is 11.9 Å². The molecule has 5 rings (SSSR count). The number of ether oxygens (including phenoxy) is 1. The number of nitrogens with one attached hydrogen (secondary N) is 1. The Morgan fingerprint density at radius 2 is 2.00 bits per heavy atom. The summed E-state index contributed by atoms with van der Waals surface area (Å²) in [5, 5.41) is 2.58. The first-order valence-electron chi connectivity index (χ1n) is 8.64. The number of hydrogen-bond acceptors (Lipinski definition) is 4. The molecule has 0 saturated carbocycles. The molecule has 0 unspecified atom stereocenters. The van der Waals surface area contributed by atoms with Gasteiger partial charge in [0.2, 0.25) is 0 Å². The molecule has 6 heteroatoms. The minimum Gasteiger partial charge on any atom is -0.469 e. The second-order valence-corrected chi connectivity index (χ2v) is 7.10. The van der Waals surface area contributed by atoms with Gasteiger partial charge < -0.3 is 14.6 Å². The molecular formula is C21H16ClFN2O2. The van der Waals surface area contributed by atoms with Crippen molar-refractivity contribution in [3.8, 4) is 5.75 Å². The van der Waals surface area contributed by atoms with Crippen LogP contribution in [0.4, 0.5) is 4.39 Å². The van der Waals surface area contributed by atoms with Crippen molar-refractivity contribution >= 4 is 17.3 Å². The zero-order chi connectivity index (χ0) is 18.5. The third kappa shape index (κ3) is 2.80. The van der Waals surface area contributed by atoms with Crippen molar-refractivity contribution in [3.05, 3.63) is 94.2 Å². The number of hydrogen-bond donors (Lipinski definition) is 1. The Balaban J connectivity index is 1.61. The highest BCUT2D eigenvalue weighted by Crippen LogP contribution is 2.46. The van der Waals surface area contributed by atoms with Gasteiger partial charge in [-0.2, -0.15) is 5.01 Å². The standard InChI is InChI=1S/C21H16ClFN2O2/c1-12-5-7-20(26-12)17-11-18-16-10-14(22)6-8-19(16)27-21(25(18)24-17)13-3-2-4-15(23)9-13/h2-11,18,21,24H,1H3/t18-,21+/m1/s1. The molecule has 0 radical (unpaired) electrons. The molecule has 0 saturated heterocycles. The predicted molar refractivity (Wildman–Crippen MR) is 100 cm³/mol. The topological polar surface area (TPSA) is 37.6 Å². The zero-order valence-corrected chi connectivity index (χ0v) is 15.2. The fourth-order valence-corrected chi connectivity index (χ4v) is 3.75. The van der Waals surface area contributed by atoms with E-state index in [2.05, 4.69) is 11.5 Å². The lowest BCUT2D eigenvalue weighted by molar-refractivity contribution is -0.0329. The monoisotopic (exact) mass is 382 g/mol. The number of halogens is 2. The Kier molecular flexibility index (Phi) is 3.74. The van der Waals surface area contributed by atoms with Crippen LogP contribution in [0.25, 0.3) is 5.70 Å². The second-order valence-electron chi connectivity index (χ2n) is 6.66. The van der Waals surface area contributed by atoms with E-state index in [0.29, 0.717) is 5.02 Å². The van der Waals surface area contributed by atoms with E-state index in [0.717, 1.165) is 34.1 Å². The molecule has 0 aliphatic carbocycles. The summed E-state index contributed by atoms with van der Waals surface area (Å²) >= 11 is 6.21. The van der Waals surface area contributed by atoms with Crippen molar-refractivity contribution in [1.29, 1.82) is 0 Å². The predicted octanol–water partition coefficient (Wildman–Crippen LogP) is 5.37. The first kappa shape index (κ1) is 16.4. The van der Waals surface area contributed by atoms with Crippen molar-refractivity contribution < 1.29 is 13.5 Å². The van der Waals surface area contributed by atoms with Gasteiger partial charge in [-0.1, -0.05) is 23.7 Å². The lowest BCUT2D eigenvalue weighted by Gasteiger charge is -2.38. The molecule has 1 N–H and O–H groups in total. The number of hydrazine groups is 1. The highest BCUT2D eigenvalue weighted by molar-refractivity contribution is 6.30. The van der Waals surface area contributed by atoms with Crippen LogP contribution in [0.3, 0.4) is 0 Å². The van der Waals surface area contributed by atoms with Crippen LogP contribution in [0.5, 0.6) is 5.75 Å². The van der Waals surface area contributed by atoms with E-state index >= 15 is 0 Å². The lowest BCUT2D eigenvalue weighted by Crippen LogP contribution is -2.43. The van der Waals surface area contributed by atoms with E-state index < -0.39 is 6.23 Å². The number of furan rings is 1. The summed E-state index contributed by atoms with van der Waals surface area (Å²) in [6, 6.07) is 15.7. The van der Waals surface area contributed by atoms with Gasteiger partial charge in [0, 0.05) is 16.1 Å². The van der Waals surface area contributed by atoms with E-state index in [1.165, 1.54) is 12.1 Å². The minimum atomic E-state index is -0.496. The molecule has 3 aromatic rings. The number of benzene rings is 2. The Bertz CT molecular complexity index is 1060. The summed E-state index contributed by atoms with van der Waals surface area (Å²) in [6.45, 7) is 1.90. The fraction of sp³-hybridized carbons (Fsp3) is 0.143. The van der Waals surface area contributed by atoms with E-state index in [1.54, 1.807) is 12.1 Å². The average Bonchev–Trinajstić information content (AvgIpc) is 3.27. The number of rotatable bonds is 2. The quantitative estimate of drug-likeness (QED) is 0.646. The Morgan fingerprint density at radius 1 is 1.11 bits per heavy atom. The van der Waals surface area contributed by atoms with Crippen LogP contribution in [-0.4, -0.2) is 5.01 Å². The largest absolute Gasteiger partial charge is 0.469 e. The molecule has 2 aliphatic heterocycles. The van der Waals surface area contributed by atoms with Crippen LogP contribution in [0.15, 0.2) is 65.1 Å². The van der Waals surface area contributed by atoms with E-state index in [1.807, 2.05) is 42.3 Å². The van der Waals surface area contributed by atoms with Crippen LogP contribution < -0.4 is 10.2 Å². The van der Waals surface area contributed by atoms with Crippen LogP contribution >= 0.6 is 11.6 Å².